The van der Waals surface area contributed by atoms with Gasteiger partial charge in [0.25, 0.3) is 5.89 Å². The third kappa shape index (κ3) is 3.45. The zero-order valence-corrected chi connectivity index (χ0v) is 17.2. The van der Waals surface area contributed by atoms with Crippen LogP contribution in [0.3, 0.4) is 0 Å². The van der Waals surface area contributed by atoms with Crippen molar-refractivity contribution in [2.24, 2.45) is 0 Å². The summed E-state index contributed by atoms with van der Waals surface area (Å²) in [4.78, 5) is 9.02. The molecule has 29 heavy (non-hydrogen) atoms. The molecule has 0 fully saturated rings. The number of hydrogen-bond acceptors (Lipinski definition) is 6. The van der Waals surface area contributed by atoms with Gasteiger partial charge < -0.3 is 18.6 Å². The van der Waals surface area contributed by atoms with Gasteiger partial charge in [-0.2, -0.15) is 4.98 Å². The number of ether oxygens (including phenoxy) is 2. The van der Waals surface area contributed by atoms with E-state index in [2.05, 4.69) is 35.6 Å². The first-order valence-electron chi connectivity index (χ1n) is 9.11. The van der Waals surface area contributed by atoms with Gasteiger partial charge in [0, 0.05) is 10.0 Å². The maximum Gasteiger partial charge on any atom is 0.278 e. The summed E-state index contributed by atoms with van der Waals surface area (Å²) in [6.45, 7) is 1.09. The molecule has 7 nitrogen and oxygen atoms in total. The summed E-state index contributed by atoms with van der Waals surface area (Å²) in [7, 11) is 1.66. The van der Waals surface area contributed by atoms with Gasteiger partial charge in [-0.1, -0.05) is 33.2 Å². The van der Waals surface area contributed by atoms with Crippen LogP contribution in [0.1, 0.15) is 17.4 Å². The first-order chi connectivity index (χ1) is 14.2. The lowest BCUT2D eigenvalue weighted by atomic mass is 10.1. The van der Waals surface area contributed by atoms with Gasteiger partial charge in [-0.05, 0) is 42.0 Å². The van der Waals surface area contributed by atoms with Crippen LogP contribution in [0.5, 0.6) is 5.75 Å². The Bertz CT molecular complexity index is 1140. The van der Waals surface area contributed by atoms with Crippen LogP contribution in [-0.4, -0.2) is 26.8 Å². The van der Waals surface area contributed by atoms with Gasteiger partial charge in [0.05, 0.1) is 32.3 Å². The number of halogens is 1. The second-order valence-electron chi connectivity index (χ2n) is 6.70. The number of aromatic nitrogens is 4. The number of imidazole rings is 1. The van der Waals surface area contributed by atoms with E-state index in [4.69, 9.17) is 14.0 Å². The zero-order valence-electron chi connectivity index (χ0n) is 15.6. The Morgan fingerprint density at radius 3 is 2.66 bits per heavy atom. The molecule has 5 rings (SSSR count). The fourth-order valence-corrected chi connectivity index (χ4v) is 3.63. The number of methoxy groups -OCH3 is 1. The van der Waals surface area contributed by atoms with Gasteiger partial charge in [-0.15, -0.1) is 0 Å². The molecular formula is C21H17BrN4O3. The van der Waals surface area contributed by atoms with Crippen LogP contribution in [0.4, 0.5) is 0 Å². The van der Waals surface area contributed by atoms with Crippen LogP contribution < -0.4 is 4.74 Å². The molecule has 0 amide bonds. The molecule has 0 N–H and O–H groups in total. The summed E-state index contributed by atoms with van der Waals surface area (Å²) < 4.78 is 19.9. The number of benzene rings is 2. The van der Waals surface area contributed by atoms with Crippen molar-refractivity contribution < 1.29 is 14.0 Å². The van der Waals surface area contributed by atoms with Crippen molar-refractivity contribution in [1.82, 2.24) is 19.7 Å². The molecule has 2 aromatic carbocycles. The maximum absolute atomic E-state index is 6.09. The summed E-state index contributed by atoms with van der Waals surface area (Å²) >= 11 is 3.43. The Labute approximate surface area is 175 Å². The smallest absolute Gasteiger partial charge is 0.278 e. The molecule has 3 heterocycles. The third-order valence-corrected chi connectivity index (χ3v) is 5.48. The summed E-state index contributed by atoms with van der Waals surface area (Å²) in [5.74, 6) is 1.75. The lowest BCUT2D eigenvalue weighted by Crippen LogP contribution is -2.20. The van der Waals surface area contributed by atoms with Gasteiger partial charge in [-0.25, -0.2) is 4.98 Å². The molecular weight excluding hydrogens is 436 g/mol. The summed E-state index contributed by atoms with van der Waals surface area (Å²) in [6.07, 6.45) is 1.75. The van der Waals surface area contributed by atoms with Crippen LogP contribution in [0, 0.1) is 0 Å². The van der Waals surface area contributed by atoms with E-state index in [-0.39, 0.29) is 6.10 Å². The van der Waals surface area contributed by atoms with Crippen LogP contribution in [0.15, 0.2) is 63.9 Å². The van der Waals surface area contributed by atoms with Gasteiger partial charge >= 0.3 is 0 Å². The lowest BCUT2D eigenvalue weighted by Gasteiger charge is -2.25. The van der Waals surface area contributed by atoms with E-state index in [9.17, 15) is 0 Å². The molecule has 1 aliphatic heterocycles. The van der Waals surface area contributed by atoms with Crippen molar-refractivity contribution >= 4 is 15.9 Å². The topological polar surface area (TPSA) is 75.2 Å². The lowest BCUT2D eigenvalue weighted by molar-refractivity contribution is 0.00328. The Morgan fingerprint density at radius 1 is 1.10 bits per heavy atom. The molecule has 0 unspecified atom stereocenters. The maximum atomic E-state index is 6.09. The molecule has 146 valence electrons. The average molecular weight is 453 g/mol. The quantitative estimate of drug-likeness (QED) is 0.448. The van der Waals surface area contributed by atoms with Crippen molar-refractivity contribution in [3.8, 4) is 28.7 Å². The zero-order chi connectivity index (χ0) is 19.8. The highest BCUT2D eigenvalue weighted by Gasteiger charge is 2.26. The largest absolute Gasteiger partial charge is 0.497 e. The fraction of sp³-hybridized carbons (Fsp3) is 0.190. The molecule has 2 aromatic heterocycles. The SMILES string of the molecule is COc1ccc([C@@H]2Cn3cnc(-c4nc(-c5ccc(Br)cc5)no4)c3CO2)cc1. The van der Waals surface area contributed by atoms with E-state index in [1.165, 1.54) is 0 Å². The van der Waals surface area contributed by atoms with Crippen LogP contribution >= 0.6 is 15.9 Å². The minimum absolute atomic E-state index is 0.0449. The molecule has 0 saturated heterocycles. The summed E-state index contributed by atoms with van der Waals surface area (Å²) in [5, 5.41) is 4.10. The van der Waals surface area contributed by atoms with Crippen LogP contribution in [0.25, 0.3) is 23.0 Å². The van der Waals surface area contributed by atoms with Crippen molar-refractivity contribution in [1.29, 1.82) is 0 Å². The molecule has 0 spiro atoms. The monoisotopic (exact) mass is 452 g/mol. The Morgan fingerprint density at radius 2 is 1.90 bits per heavy atom. The first kappa shape index (κ1) is 18.1. The number of rotatable bonds is 4. The van der Waals surface area contributed by atoms with E-state index in [0.29, 0.717) is 30.6 Å². The second-order valence-corrected chi connectivity index (χ2v) is 7.61. The van der Waals surface area contributed by atoms with Crippen molar-refractivity contribution in [2.45, 2.75) is 19.3 Å². The van der Waals surface area contributed by atoms with Crippen molar-refractivity contribution in [2.75, 3.05) is 7.11 Å². The van der Waals surface area contributed by atoms with E-state index in [1.807, 2.05) is 48.5 Å². The molecule has 0 bridgehead atoms. The van der Waals surface area contributed by atoms with Crippen LogP contribution in [-0.2, 0) is 17.9 Å². The van der Waals surface area contributed by atoms with Crippen molar-refractivity contribution in [3.05, 3.63) is 70.6 Å². The highest BCUT2D eigenvalue weighted by molar-refractivity contribution is 9.10. The predicted octanol–water partition coefficient (Wildman–Crippen LogP) is 4.64. The average Bonchev–Trinajstić information content (AvgIpc) is 3.41. The third-order valence-electron chi connectivity index (χ3n) is 4.95. The molecule has 0 saturated carbocycles. The molecule has 0 aliphatic carbocycles. The van der Waals surface area contributed by atoms with Gasteiger partial charge in [0.15, 0.2) is 5.69 Å². The van der Waals surface area contributed by atoms with E-state index in [1.54, 1.807) is 13.4 Å². The van der Waals surface area contributed by atoms with E-state index in [0.717, 1.165) is 27.0 Å². The van der Waals surface area contributed by atoms with E-state index >= 15 is 0 Å². The molecule has 4 aromatic rings. The number of hydrogen-bond donors (Lipinski definition) is 0. The summed E-state index contributed by atoms with van der Waals surface area (Å²) in [5.41, 5.74) is 3.57. The normalized spacial score (nSPS) is 15.9. The highest BCUT2D eigenvalue weighted by Crippen LogP contribution is 2.32. The molecule has 1 aliphatic rings. The van der Waals surface area contributed by atoms with Gasteiger partial charge in [0.2, 0.25) is 5.82 Å². The predicted molar refractivity (Wildman–Crippen MR) is 109 cm³/mol. The Hall–Kier alpha value is -2.97. The molecule has 1 atom stereocenters. The summed E-state index contributed by atoms with van der Waals surface area (Å²) in [6, 6.07) is 15.7. The van der Waals surface area contributed by atoms with E-state index < -0.39 is 0 Å². The first-order valence-corrected chi connectivity index (χ1v) is 9.90. The van der Waals surface area contributed by atoms with Gasteiger partial charge in [0.1, 0.15) is 11.9 Å². The number of fused-ring (bicyclic) bond motifs is 1. The molecule has 8 heteroatoms. The Balaban J connectivity index is 1.38. The molecule has 0 radical (unpaired) electrons. The van der Waals surface area contributed by atoms with Gasteiger partial charge in [-0.3, -0.25) is 0 Å². The minimum atomic E-state index is -0.0449. The minimum Gasteiger partial charge on any atom is -0.497 e. The standard InChI is InChI=1S/C21H17BrN4O3/c1-27-16-8-4-13(5-9-16)18-10-26-12-23-19(17(26)11-28-18)21-24-20(25-29-21)14-2-6-15(22)7-3-14/h2-9,12,18H,10-11H2,1H3/t18-/m0/s1. The Kier molecular flexibility index (Phi) is 4.65. The van der Waals surface area contributed by atoms with Crippen LogP contribution in [0.2, 0.25) is 0 Å². The fourth-order valence-electron chi connectivity index (χ4n) is 3.36. The van der Waals surface area contributed by atoms with Crippen molar-refractivity contribution in [3.63, 3.8) is 0 Å². The highest BCUT2D eigenvalue weighted by atomic mass is 79.9. The number of nitrogens with zero attached hydrogens (tertiary/aromatic N) is 4. The second kappa shape index (κ2) is 7.46.